The first-order valence-corrected chi connectivity index (χ1v) is 3.14. The lowest BCUT2D eigenvalue weighted by Gasteiger charge is -1.89. The van der Waals surface area contributed by atoms with Crippen molar-refractivity contribution in [3.8, 4) is 0 Å². The number of H-pyrrole nitrogens is 1. The van der Waals surface area contributed by atoms with E-state index in [1.807, 2.05) is 0 Å². The zero-order chi connectivity index (χ0) is 8.93. The van der Waals surface area contributed by atoms with E-state index in [2.05, 4.69) is 57.1 Å². The molecule has 0 saturated carbocycles. The lowest BCUT2D eigenvalue weighted by Crippen LogP contribution is -1.94. The Morgan fingerprint density at radius 2 is 2.15 bits per heavy atom. The fourth-order valence-electron chi connectivity index (χ4n) is 0.542. The van der Waals surface area contributed by atoms with Crippen LogP contribution in [0.1, 0.15) is 0 Å². The average molecular weight is 181 g/mol. The highest BCUT2D eigenvalue weighted by atomic mass is 15.6. The zero-order valence-electron chi connectivity index (χ0n) is 6.10. The molecule has 0 unspecified atom stereocenters. The van der Waals surface area contributed by atoms with Crippen LogP contribution >= 0.6 is 0 Å². The van der Waals surface area contributed by atoms with E-state index in [0.29, 0.717) is 0 Å². The predicted molar refractivity (Wildman–Crippen MR) is 36.2 cm³/mol. The van der Waals surface area contributed by atoms with Gasteiger partial charge in [0.05, 0.1) is 0 Å². The fraction of sp³-hybridized carbons (Fsp3) is 0.500. The number of hydrogen-bond acceptors (Lipinski definition) is 9. The van der Waals surface area contributed by atoms with E-state index in [1.165, 1.54) is 0 Å². The summed E-state index contributed by atoms with van der Waals surface area (Å²) in [7, 11) is 0. The molecular weight excluding hydrogens is 178 g/mol. The van der Waals surface area contributed by atoms with Crippen LogP contribution < -0.4 is 5.43 Å². The molecule has 0 bridgehead atoms. The Labute approximate surface area is 70.4 Å². The van der Waals surface area contributed by atoms with E-state index in [-0.39, 0.29) is 5.95 Å². The minimum absolute atomic E-state index is 0.204. The molecule has 0 fully saturated rings. The number of aromatic nitrogens is 4. The number of hydrogen-bond donors (Lipinski definition) is 2. The number of nitrogens with zero attached hydrogens (tertiary/aromatic N) is 9. The molecule has 0 saturated heterocycles. The molecular formula is C2H3N11. The Kier molecular flexibility index (Phi) is 1.90. The minimum atomic E-state index is -0.709. The van der Waals surface area contributed by atoms with E-state index in [4.69, 9.17) is 0 Å². The maximum absolute atomic E-state index is 3.57. The molecule has 2 rings (SSSR count). The molecule has 0 aliphatic carbocycles. The molecule has 13 heavy (non-hydrogen) atoms. The highest BCUT2D eigenvalue weighted by Gasteiger charge is 2.05. The SMILES string of the molecule is N1=NC(N=NNc2nn[nH]n2)N=N1. The number of aromatic amines is 1. The molecule has 1 aromatic heterocycles. The van der Waals surface area contributed by atoms with Crippen LogP contribution in [0.15, 0.2) is 31.0 Å². The van der Waals surface area contributed by atoms with Crippen molar-refractivity contribution in [3.05, 3.63) is 0 Å². The second-order valence-corrected chi connectivity index (χ2v) is 1.82. The van der Waals surface area contributed by atoms with Gasteiger partial charge in [-0.2, -0.15) is 5.21 Å². The summed E-state index contributed by atoms with van der Waals surface area (Å²) < 4.78 is 0. The topological polar surface area (TPSA) is 141 Å². The third-order valence-corrected chi connectivity index (χ3v) is 1.01. The highest BCUT2D eigenvalue weighted by Crippen LogP contribution is 2.05. The van der Waals surface area contributed by atoms with Crippen LogP contribution in [0.25, 0.3) is 0 Å². The van der Waals surface area contributed by atoms with Crippen molar-refractivity contribution in [1.29, 1.82) is 0 Å². The Morgan fingerprint density at radius 1 is 1.31 bits per heavy atom. The molecule has 0 amide bonds. The van der Waals surface area contributed by atoms with Crippen molar-refractivity contribution in [2.75, 3.05) is 5.43 Å². The summed E-state index contributed by atoms with van der Waals surface area (Å²) in [5, 5.41) is 33.1. The van der Waals surface area contributed by atoms with Crippen molar-refractivity contribution >= 4 is 5.95 Å². The van der Waals surface area contributed by atoms with Crippen LogP contribution in [0.2, 0.25) is 0 Å². The number of nitrogens with one attached hydrogen (secondary N) is 2. The van der Waals surface area contributed by atoms with Gasteiger partial charge in [-0.25, -0.2) is 5.43 Å². The first-order chi connectivity index (χ1) is 6.45. The monoisotopic (exact) mass is 181 g/mol. The molecule has 11 heteroatoms. The molecule has 0 radical (unpaired) electrons. The fourth-order valence-corrected chi connectivity index (χ4v) is 0.542. The highest BCUT2D eigenvalue weighted by molar-refractivity contribution is 5.15. The second kappa shape index (κ2) is 3.38. The molecule has 1 aromatic rings. The lowest BCUT2D eigenvalue weighted by atomic mass is 11.0. The van der Waals surface area contributed by atoms with Crippen LogP contribution in [-0.2, 0) is 0 Å². The quantitative estimate of drug-likeness (QED) is 0.503. The maximum Gasteiger partial charge on any atom is 0.295 e. The van der Waals surface area contributed by atoms with Gasteiger partial charge in [0, 0.05) is 0 Å². The van der Waals surface area contributed by atoms with Crippen molar-refractivity contribution in [3.63, 3.8) is 0 Å². The number of anilines is 1. The van der Waals surface area contributed by atoms with Gasteiger partial charge in [0.15, 0.2) is 0 Å². The van der Waals surface area contributed by atoms with Gasteiger partial charge in [-0.15, -0.1) is 20.4 Å². The van der Waals surface area contributed by atoms with Crippen molar-refractivity contribution < 1.29 is 0 Å². The smallest absolute Gasteiger partial charge is 0.224 e. The van der Waals surface area contributed by atoms with E-state index >= 15 is 0 Å². The molecule has 0 atom stereocenters. The van der Waals surface area contributed by atoms with Gasteiger partial charge in [0.25, 0.3) is 12.2 Å². The van der Waals surface area contributed by atoms with Gasteiger partial charge >= 0.3 is 0 Å². The van der Waals surface area contributed by atoms with E-state index in [9.17, 15) is 0 Å². The molecule has 0 aromatic carbocycles. The summed E-state index contributed by atoms with van der Waals surface area (Å²) in [6.07, 6.45) is -0.709. The van der Waals surface area contributed by atoms with Crippen LogP contribution in [0, 0.1) is 0 Å². The Hall–Kier alpha value is -2.33. The third kappa shape index (κ3) is 1.82. The largest absolute Gasteiger partial charge is 0.295 e. The Morgan fingerprint density at radius 3 is 2.85 bits per heavy atom. The molecule has 0 spiro atoms. The van der Waals surface area contributed by atoms with E-state index in [1.54, 1.807) is 0 Å². The predicted octanol–water partition coefficient (Wildman–Crippen LogP) is 0.0954. The van der Waals surface area contributed by atoms with Crippen molar-refractivity contribution in [1.82, 2.24) is 20.6 Å². The summed E-state index contributed by atoms with van der Waals surface area (Å²) in [5.41, 5.74) is 2.39. The second-order valence-electron chi connectivity index (χ2n) is 1.82. The van der Waals surface area contributed by atoms with E-state index in [0.717, 1.165) is 0 Å². The maximum atomic E-state index is 3.57. The molecule has 11 nitrogen and oxygen atoms in total. The normalized spacial score (nSPS) is 16.0. The molecule has 2 N–H and O–H groups in total. The summed E-state index contributed by atoms with van der Waals surface area (Å²) in [4.78, 5) is 0. The van der Waals surface area contributed by atoms with Gasteiger partial charge < -0.3 is 0 Å². The Bertz CT molecular complexity index is 319. The minimum Gasteiger partial charge on any atom is -0.224 e. The Balaban J connectivity index is 1.85. The standard InChI is InChI=1S/C2H3N11/c3(1-5-10-11-6-1)9-4-2-7-12-13-8-2/h1H,(H2,3,4,7,8,12,13). The van der Waals surface area contributed by atoms with Crippen LogP contribution in [0.3, 0.4) is 0 Å². The first-order valence-electron chi connectivity index (χ1n) is 3.14. The molecule has 2 heterocycles. The number of tetrazole rings is 1. The van der Waals surface area contributed by atoms with Crippen LogP contribution in [-0.4, -0.2) is 26.9 Å². The molecule has 1 aliphatic heterocycles. The van der Waals surface area contributed by atoms with Crippen molar-refractivity contribution in [2.24, 2.45) is 31.0 Å². The summed E-state index contributed by atoms with van der Waals surface area (Å²) >= 11 is 0. The average Bonchev–Trinajstić information content (AvgIpc) is 2.75. The van der Waals surface area contributed by atoms with Crippen LogP contribution in [0.5, 0.6) is 0 Å². The van der Waals surface area contributed by atoms with E-state index < -0.39 is 6.29 Å². The van der Waals surface area contributed by atoms with Gasteiger partial charge in [-0.3, -0.25) is 0 Å². The zero-order valence-corrected chi connectivity index (χ0v) is 6.10. The molecule has 66 valence electrons. The van der Waals surface area contributed by atoms with Gasteiger partial charge in [-0.05, 0) is 15.7 Å². The third-order valence-electron chi connectivity index (χ3n) is 1.01. The summed E-state index contributed by atoms with van der Waals surface area (Å²) in [6.45, 7) is 0. The number of rotatable bonds is 3. The first kappa shape index (κ1) is 7.33. The lowest BCUT2D eigenvalue weighted by molar-refractivity contribution is 0.691. The van der Waals surface area contributed by atoms with Crippen LogP contribution in [0.4, 0.5) is 5.95 Å². The van der Waals surface area contributed by atoms with Crippen molar-refractivity contribution in [2.45, 2.75) is 6.29 Å². The van der Waals surface area contributed by atoms with Gasteiger partial charge in [-0.1, -0.05) is 10.3 Å². The van der Waals surface area contributed by atoms with Gasteiger partial charge in [0.2, 0.25) is 0 Å². The summed E-state index contributed by atoms with van der Waals surface area (Å²) in [5.74, 6) is 0.204. The summed E-state index contributed by atoms with van der Waals surface area (Å²) in [6, 6.07) is 0. The molecule has 1 aliphatic rings. The van der Waals surface area contributed by atoms with Gasteiger partial charge in [0.1, 0.15) is 0 Å².